The van der Waals surface area contributed by atoms with Crippen molar-refractivity contribution < 1.29 is 14.3 Å². The Bertz CT molecular complexity index is 1060. The standard InChI is InChI=1S/C24H20Cl2N2O3/c25-18-8-7-17(20(26)11-18)13-31-19-9-1-14(2-10-19)12-27-28-23(29)21-15-3-4-16(6-5-15)22(21)24(28)30/h1-4,7-12,15-16,21-22H,5-6,13H2/b27-12-/t15-,16-,21+,22+/m0/s1. The average molecular weight is 455 g/mol. The molecule has 1 saturated heterocycles. The molecule has 1 aliphatic heterocycles. The first-order chi connectivity index (χ1) is 15.0. The highest BCUT2D eigenvalue weighted by Gasteiger charge is 2.56. The van der Waals surface area contributed by atoms with E-state index in [1.165, 1.54) is 0 Å². The third-order valence-electron chi connectivity index (χ3n) is 6.35. The Morgan fingerprint density at radius 1 is 0.968 bits per heavy atom. The molecule has 1 heterocycles. The number of carbonyl (C=O) groups excluding carboxylic acids is 2. The smallest absolute Gasteiger partial charge is 0.254 e. The second-order valence-electron chi connectivity index (χ2n) is 8.17. The van der Waals surface area contributed by atoms with Crippen molar-refractivity contribution in [2.24, 2.45) is 28.8 Å². The van der Waals surface area contributed by atoms with Crippen LogP contribution in [0.25, 0.3) is 0 Å². The summed E-state index contributed by atoms with van der Waals surface area (Å²) in [6, 6.07) is 12.5. The van der Waals surface area contributed by atoms with Gasteiger partial charge in [-0.25, -0.2) is 0 Å². The fraction of sp³-hybridized carbons (Fsp3) is 0.292. The molecule has 31 heavy (non-hydrogen) atoms. The van der Waals surface area contributed by atoms with Gasteiger partial charge in [-0.2, -0.15) is 10.1 Å². The number of hydrogen-bond donors (Lipinski definition) is 0. The summed E-state index contributed by atoms with van der Waals surface area (Å²) in [5.41, 5.74) is 1.61. The number of allylic oxidation sites excluding steroid dienone is 2. The minimum Gasteiger partial charge on any atom is -0.489 e. The number of fused-ring (bicyclic) bond motifs is 1. The van der Waals surface area contributed by atoms with Gasteiger partial charge >= 0.3 is 0 Å². The number of amides is 2. The van der Waals surface area contributed by atoms with Gasteiger partial charge in [-0.3, -0.25) is 9.59 Å². The first-order valence-electron chi connectivity index (χ1n) is 10.3. The van der Waals surface area contributed by atoms with E-state index in [9.17, 15) is 9.59 Å². The molecule has 0 aromatic heterocycles. The van der Waals surface area contributed by atoms with Crippen LogP contribution in [0.5, 0.6) is 5.75 Å². The van der Waals surface area contributed by atoms with Crippen LogP contribution in [0.2, 0.25) is 10.0 Å². The molecule has 0 N–H and O–H groups in total. The van der Waals surface area contributed by atoms with E-state index in [1.54, 1.807) is 18.3 Å². The van der Waals surface area contributed by atoms with Crippen LogP contribution in [0.3, 0.4) is 0 Å². The van der Waals surface area contributed by atoms with Gasteiger partial charge in [-0.05, 0) is 66.6 Å². The lowest BCUT2D eigenvalue weighted by molar-refractivity contribution is -0.140. The average Bonchev–Trinajstić information content (AvgIpc) is 3.05. The van der Waals surface area contributed by atoms with E-state index in [-0.39, 0.29) is 35.5 Å². The predicted octanol–water partition coefficient (Wildman–Crippen LogP) is 5.10. The number of hydrazone groups is 1. The van der Waals surface area contributed by atoms with Crippen molar-refractivity contribution in [3.63, 3.8) is 0 Å². The summed E-state index contributed by atoms with van der Waals surface area (Å²) in [4.78, 5) is 25.6. The number of nitrogens with zero attached hydrogens (tertiary/aromatic N) is 2. The molecule has 4 aliphatic rings. The summed E-state index contributed by atoms with van der Waals surface area (Å²) in [7, 11) is 0. The van der Waals surface area contributed by atoms with Gasteiger partial charge in [0.1, 0.15) is 12.4 Å². The van der Waals surface area contributed by atoms with Crippen LogP contribution in [-0.4, -0.2) is 23.0 Å². The molecular weight excluding hydrogens is 435 g/mol. The monoisotopic (exact) mass is 454 g/mol. The molecule has 4 atom stereocenters. The van der Waals surface area contributed by atoms with Crippen LogP contribution >= 0.6 is 23.2 Å². The van der Waals surface area contributed by atoms with Gasteiger partial charge in [0, 0.05) is 15.6 Å². The van der Waals surface area contributed by atoms with Crippen LogP contribution in [0.15, 0.2) is 59.7 Å². The molecule has 2 bridgehead atoms. The number of rotatable bonds is 5. The van der Waals surface area contributed by atoms with E-state index >= 15 is 0 Å². The number of carbonyl (C=O) groups is 2. The Labute approximate surface area is 190 Å². The molecule has 0 unspecified atom stereocenters. The maximum absolute atomic E-state index is 12.8. The molecule has 0 spiro atoms. The van der Waals surface area contributed by atoms with E-state index in [4.69, 9.17) is 27.9 Å². The molecule has 2 aromatic carbocycles. The highest BCUT2D eigenvalue weighted by molar-refractivity contribution is 6.35. The maximum Gasteiger partial charge on any atom is 0.254 e. The number of ether oxygens (including phenoxy) is 1. The van der Waals surface area contributed by atoms with Crippen LogP contribution in [-0.2, 0) is 16.2 Å². The van der Waals surface area contributed by atoms with Gasteiger partial charge in [-0.15, -0.1) is 0 Å². The van der Waals surface area contributed by atoms with Crippen molar-refractivity contribution in [1.82, 2.24) is 5.01 Å². The Balaban J connectivity index is 1.24. The quantitative estimate of drug-likeness (QED) is 0.358. The van der Waals surface area contributed by atoms with Crippen molar-refractivity contribution in [1.29, 1.82) is 0 Å². The van der Waals surface area contributed by atoms with Gasteiger partial charge in [-0.1, -0.05) is 41.4 Å². The Kier molecular flexibility index (Phi) is 5.32. The van der Waals surface area contributed by atoms with Crippen molar-refractivity contribution in [3.05, 3.63) is 75.8 Å². The Hall–Kier alpha value is -2.63. The highest BCUT2D eigenvalue weighted by atomic mass is 35.5. The zero-order valence-corrected chi connectivity index (χ0v) is 18.1. The van der Waals surface area contributed by atoms with Crippen molar-refractivity contribution in [2.75, 3.05) is 0 Å². The van der Waals surface area contributed by atoms with E-state index in [0.29, 0.717) is 22.4 Å². The van der Waals surface area contributed by atoms with Crippen LogP contribution in [0.4, 0.5) is 0 Å². The zero-order valence-electron chi connectivity index (χ0n) is 16.6. The third-order valence-corrected chi connectivity index (χ3v) is 6.93. The van der Waals surface area contributed by atoms with E-state index in [2.05, 4.69) is 17.3 Å². The molecule has 6 rings (SSSR count). The van der Waals surface area contributed by atoms with Gasteiger partial charge < -0.3 is 4.74 Å². The minimum atomic E-state index is -0.246. The number of halogens is 2. The van der Waals surface area contributed by atoms with Crippen molar-refractivity contribution >= 4 is 41.2 Å². The lowest BCUT2D eigenvalue weighted by Gasteiger charge is -2.37. The zero-order chi connectivity index (χ0) is 21.5. The summed E-state index contributed by atoms with van der Waals surface area (Å²) in [5.74, 6) is 0.155. The highest BCUT2D eigenvalue weighted by Crippen LogP contribution is 2.49. The molecule has 7 heteroatoms. The molecule has 2 fully saturated rings. The lowest BCUT2D eigenvalue weighted by atomic mass is 9.63. The normalized spacial score (nSPS) is 26.7. The third kappa shape index (κ3) is 3.77. The van der Waals surface area contributed by atoms with Gasteiger partial charge in [0.15, 0.2) is 0 Å². The number of benzene rings is 2. The van der Waals surface area contributed by atoms with Gasteiger partial charge in [0.05, 0.1) is 18.1 Å². The van der Waals surface area contributed by atoms with E-state index in [0.717, 1.165) is 29.0 Å². The Morgan fingerprint density at radius 2 is 1.61 bits per heavy atom. The van der Waals surface area contributed by atoms with Crippen LogP contribution in [0.1, 0.15) is 24.0 Å². The molecule has 158 valence electrons. The summed E-state index contributed by atoms with van der Waals surface area (Å²) < 4.78 is 5.78. The molecule has 0 radical (unpaired) electrons. The molecule has 5 nitrogen and oxygen atoms in total. The summed E-state index contributed by atoms with van der Waals surface area (Å²) in [6.45, 7) is 0.319. The van der Waals surface area contributed by atoms with E-state index in [1.807, 2.05) is 30.3 Å². The fourth-order valence-electron chi connectivity index (χ4n) is 4.75. The molecule has 2 aromatic rings. The molecule has 2 amide bonds. The lowest BCUT2D eigenvalue weighted by Crippen LogP contribution is -2.38. The van der Waals surface area contributed by atoms with Gasteiger partial charge in [0.2, 0.25) is 0 Å². The van der Waals surface area contributed by atoms with Crippen molar-refractivity contribution in [3.8, 4) is 5.75 Å². The fourth-order valence-corrected chi connectivity index (χ4v) is 5.21. The first kappa shape index (κ1) is 20.3. The summed E-state index contributed by atoms with van der Waals surface area (Å²) in [5, 5.41) is 6.44. The van der Waals surface area contributed by atoms with Crippen molar-refractivity contribution in [2.45, 2.75) is 19.4 Å². The molecular formula is C24H20Cl2N2O3. The van der Waals surface area contributed by atoms with Crippen LogP contribution < -0.4 is 4.74 Å². The largest absolute Gasteiger partial charge is 0.489 e. The Morgan fingerprint density at radius 3 is 2.19 bits per heavy atom. The number of hydrogen-bond acceptors (Lipinski definition) is 4. The summed E-state index contributed by atoms with van der Waals surface area (Å²) in [6.07, 6.45) is 7.69. The molecule has 1 saturated carbocycles. The topological polar surface area (TPSA) is 59.0 Å². The second kappa shape index (κ2) is 8.13. The van der Waals surface area contributed by atoms with Crippen LogP contribution in [0, 0.1) is 23.7 Å². The van der Waals surface area contributed by atoms with Gasteiger partial charge in [0.25, 0.3) is 11.8 Å². The molecule has 3 aliphatic carbocycles. The predicted molar refractivity (Wildman–Crippen MR) is 119 cm³/mol. The van der Waals surface area contributed by atoms with E-state index < -0.39 is 0 Å². The summed E-state index contributed by atoms with van der Waals surface area (Å²) >= 11 is 12.1. The SMILES string of the molecule is O=C1[C@H]2[C@H](C(=O)N1/N=C\c1ccc(OCc3ccc(Cl)cc3Cl)cc1)[C@H]1C=C[C@H]2CC1. The first-order valence-corrected chi connectivity index (χ1v) is 11.0. The number of imide groups is 1. The second-order valence-corrected chi connectivity index (χ2v) is 9.01. The maximum atomic E-state index is 12.8. The minimum absolute atomic E-state index is 0.164.